The molecule has 3 aromatic carbocycles. The summed E-state index contributed by atoms with van der Waals surface area (Å²) in [6, 6.07) is 12.6. The van der Waals surface area contributed by atoms with E-state index in [1.54, 1.807) is 12.1 Å². The monoisotopic (exact) mass is 793 g/mol. The molecule has 3 heterocycles. The van der Waals surface area contributed by atoms with E-state index >= 15 is 4.39 Å². The maximum Gasteiger partial charge on any atom is 0.323 e. The molecule has 0 unspecified atom stereocenters. The van der Waals surface area contributed by atoms with Crippen molar-refractivity contribution in [3.05, 3.63) is 92.2 Å². The second-order valence-corrected chi connectivity index (χ2v) is 15.2. The van der Waals surface area contributed by atoms with Crippen LogP contribution in [0.15, 0.2) is 42.5 Å². The first-order valence-electron chi connectivity index (χ1n) is 18.7. The van der Waals surface area contributed by atoms with Crippen LogP contribution in [0.5, 0.6) is 11.5 Å². The summed E-state index contributed by atoms with van der Waals surface area (Å²) >= 11 is 13.7. The third-order valence-electron chi connectivity index (χ3n) is 11.3. The summed E-state index contributed by atoms with van der Waals surface area (Å²) in [7, 11) is 4.68. The second-order valence-electron chi connectivity index (χ2n) is 14.5. The van der Waals surface area contributed by atoms with Gasteiger partial charge in [-0.2, -0.15) is 0 Å². The van der Waals surface area contributed by atoms with E-state index in [1.807, 2.05) is 53.8 Å². The van der Waals surface area contributed by atoms with Gasteiger partial charge in [0.25, 0.3) is 5.91 Å². The fourth-order valence-electron chi connectivity index (χ4n) is 8.22. The van der Waals surface area contributed by atoms with E-state index in [2.05, 4.69) is 10.2 Å². The molecule has 1 fully saturated rings. The summed E-state index contributed by atoms with van der Waals surface area (Å²) < 4.78 is 35.0. The highest BCUT2D eigenvalue weighted by molar-refractivity contribution is 6.36. The van der Waals surface area contributed by atoms with Crippen molar-refractivity contribution in [1.82, 2.24) is 19.4 Å². The minimum absolute atomic E-state index is 0.00503. The molecule has 0 bridgehead atoms. The topological polar surface area (TPSA) is 118 Å². The number of esters is 1. The van der Waals surface area contributed by atoms with Crippen molar-refractivity contribution in [3.8, 4) is 22.6 Å². The number of aliphatic hydroxyl groups excluding tert-OH is 1. The lowest BCUT2D eigenvalue weighted by Crippen LogP contribution is -2.44. The number of amides is 1. The Bertz CT molecular complexity index is 2110. The predicted octanol–water partition coefficient (Wildman–Crippen LogP) is 7.13. The van der Waals surface area contributed by atoms with Gasteiger partial charge in [-0.1, -0.05) is 60.0 Å². The zero-order valence-electron chi connectivity index (χ0n) is 31.5. The molecule has 14 heteroatoms. The Labute approximate surface area is 330 Å². The van der Waals surface area contributed by atoms with Crippen LogP contribution in [-0.2, 0) is 42.5 Å². The highest BCUT2D eigenvalue weighted by Gasteiger charge is 2.34. The number of carbonyl (C=O) groups is 2. The average molecular weight is 795 g/mol. The van der Waals surface area contributed by atoms with E-state index in [-0.39, 0.29) is 53.2 Å². The van der Waals surface area contributed by atoms with Crippen LogP contribution < -0.4 is 14.8 Å². The molecule has 1 aliphatic carbocycles. The summed E-state index contributed by atoms with van der Waals surface area (Å²) in [6.07, 6.45) is 4.02. The lowest BCUT2D eigenvalue weighted by Gasteiger charge is -2.34. The molecule has 7 rings (SSSR count). The number of methoxy groups -OCH3 is 2. The number of hydrogen-bond donors (Lipinski definition) is 2. The summed E-state index contributed by atoms with van der Waals surface area (Å²) in [5.74, 6) is -0.608. The van der Waals surface area contributed by atoms with Crippen LogP contribution in [-0.4, -0.2) is 82.3 Å². The van der Waals surface area contributed by atoms with Gasteiger partial charge in [0, 0.05) is 62.0 Å². The van der Waals surface area contributed by atoms with Gasteiger partial charge in [0.15, 0.2) is 11.6 Å². The smallest absolute Gasteiger partial charge is 0.323 e. The molecule has 11 nitrogen and oxygen atoms in total. The Kier molecular flexibility index (Phi) is 11.7. The first-order chi connectivity index (χ1) is 26.5. The first kappa shape index (κ1) is 39.1. The van der Waals surface area contributed by atoms with Gasteiger partial charge in [-0.25, -0.2) is 9.37 Å². The van der Waals surface area contributed by atoms with E-state index < -0.39 is 18.0 Å². The summed E-state index contributed by atoms with van der Waals surface area (Å²) in [4.78, 5) is 34.8. The molecule has 1 aromatic heterocycles. The number of piperidine rings is 1. The molecule has 55 heavy (non-hydrogen) atoms. The fraction of sp³-hybridized carbons (Fsp3) is 0.439. The van der Waals surface area contributed by atoms with Crippen molar-refractivity contribution in [1.29, 1.82) is 0 Å². The van der Waals surface area contributed by atoms with Crippen molar-refractivity contribution in [3.63, 3.8) is 0 Å². The third-order valence-corrected chi connectivity index (χ3v) is 12.1. The van der Waals surface area contributed by atoms with Crippen LogP contribution in [0.4, 0.5) is 10.1 Å². The van der Waals surface area contributed by atoms with E-state index in [0.29, 0.717) is 48.9 Å². The van der Waals surface area contributed by atoms with Gasteiger partial charge in [-0.3, -0.25) is 19.4 Å². The summed E-state index contributed by atoms with van der Waals surface area (Å²) in [5.41, 5.74) is 6.18. The molecule has 2 aliphatic heterocycles. The Morgan fingerprint density at radius 3 is 2.58 bits per heavy atom. The molecule has 0 radical (unpaired) electrons. The molecule has 1 saturated heterocycles. The molecular weight excluding hydrogens is 748 g/mol. The largest absolute Gasteiger partial charge is 0.496 e. The molecule has 4 aromatic rings. The number of fused-ring (bicyclic) bond motifs is 2. The lowest BCUT2D eigenvalue weighted by atomic mass is 9.96. The number of nitrogens with zero attached hydrogens (tertiary/aromatic N) is 4. The van der Waals surface area contributed by atoms with Crippen LogP contribution in [0, 0.1) is 5.82 Å². The van der Waals surface area contributed by atoms with E-state index in [1.165, 1.54) is 14.2 Å². The zero-order chi connectivity index (χ0) is 39.0. The summed E-state index contributed by atoms with van der Waals surface area (Å²) in [6.45, 7) is 4.13. The van der Waals surface area contributed by atoms with Gasteiger partial charge in [0.2, 0.25) is 0 Å². The molecule has 3 aliphatic rings. The van der Waals surface area contributed by atoms with Crippen LogP contribution in [0.2, 0.25) is 10.0 Å². The van der Waals surface area contributed by atoms with Gasteiger partial charge in [0.05, 0.1) is 37.2 Å². The molecule has 0 saturated carbocycles. The number of hydrogen-bond acceptors (Lipinski definition) is 9. The highest BCUT2D eigenvalue weighted by atomic mass is 35.5. The maximum absolute atomic E-state index is 16.1. The number of ether oxygens (including phenoxy) is 3. The van der Waals surface area contributed by atoms with Gasteiger partial charge in [-0.15, -0.1) is 0 Å². The SMILES string of the molecule is COC(=O)[C@@H]1CCCCN1Cc1c(OC)cc(O[C@H]2CCc3c(-c4cccc(NC(=O)c5nc6c(n5C)CCN([C@@H](C)CO)C6)c4Cl)cccc32)c(Cl)c1F. The minimum atomic E-state index is -0.646. The van der Waals surface area contributed by atoms with Gasteiger partial charge < -0.3 is 29.2 Å². The Morgan fingerprint density at radius 1 is 1.04 bits per heavy atom. The van der Waals surface area contributed by atoms with Crippen LogP contribution >= 0.6 is 23.2 Å². The number of rotatable bonds is 11. The predicted molar refractivity (Wildman–Crippen MR) is 208 cm³/mol. The van der Waals surface area contributed by atoms with Crippen molar-refractivity contribution < 1.29 is 33.3 Å². The molecular formula is C41H46Cl2FN5O6. The summed E-state index contributed by atoms with van der Waals surface area (Å²) in [5, 5.41) is 12.9. The number of nitrogens with one attached hydrogen (secondary N) is 1. The Hall–Kier alpha value is -4.20. The number of carbonyl (C=O) groups excluding carboxylic acids is 2. The second kappa shape index (κ2) is 16.5. The molecule has 292 valence electrons. The first-order valence-corrected chi connectivity index (χ1v) is 19.4. The standard InChI is InChI=1S/C41H46Cl2FN5O6/c1-23(22-50)48-18-16-31-30(21-48)45-39(47(31)2)40(51)46-29-12-8-11-27(36(29)42)24-9-7-10-26-25(24)14-15-33(26)55-35-19-34(53-3)28(38(44)37(35)43)20-49-17-6-5-13-32(49)41(52)54-4/h7-12,19,23,32-33,50H,5-6,13-18,20-22H2,1-4H3,(H,46,51)/t23-,32-,33-/m0/s1. The molecule has 3 atom stereocenters. The number of halogens is 3. The van der Waals surface area contributed by atoms with Gasteiger partial charge in [0.1, 0.15) is 28.7 Å². The number of imidazole rings is 1. The van der Waals surface area contributed by atoms with Crippen LogP contribution in [0.1, 0.15) is 77.4 Å². The molecule has 2 N–H and O–H groups in total. The fourth-order valence-corrected chi connectivity index (χ4v) is 8.71. The normalized spacial score (nSPS) is 19.1. The van der Waals surface area contributed by atoms with E-state index in [9.17, 15) is 14.7 Å². The lowest BCUT2D eigenvalue weighted by molar-refractivity contribution is -0.148. The maximum atomic E-state index is 16.1. The number of benzene rings is 3. The number of anilines is 1. The van der Waals surface area contributed by atoms with Crippen molar-refractivity contribution in [2.45, 2.75) is 76.7 Å². The highest BCUT2D eigenvalue weighted by Crippen LogP contribution is 2.46. The number of likely N-dealkylation sites (tertiary alicyclic amines) is 1. The quantitative estimate of drug-likeness (QED) is 0.153. The van der Waals surface area contributed by atoms with Gasteiger partial charge in [-0.05, 0) is 61.9 Å². The van der Waals surface area contributed by atoms with Gasteiger partial charge >= 0.3 is 5.97 Å². The zero-order valence-corrected chi connectivity index (χ0v) is 33.0. The van der Waals surface area contributed by atoms with Crippen LogP contribution in [0.25, 0.3) is 11.1 Å². The van der Waals surface area contributed by atoms with Crippen molar-refractivity contribution in [2.24, 2.45) is 7.05 Å². The minimum Gasteiger partial charge on any atom is -0.496 e. The Balaban J connectivity index is 1.11. The van der Waals surface area contributed by atoms with E-state index in [0.717, 1.165) is 59.4 Å². The number of aliphatic hydroxyl groups is 1. The average Bonchev–Trinajstić information content (AvgIpc) is 3.77. The van der Waals surface area contributed by atoms with Crippen LogP contribution in [0.3, 0.4) is 0 Å². The third kappa shape index (κ3) is 7.55. The van der Waals surface area contributed by atoms with Crippen molar-refractivity contribution in [2.75, 3.05) is 39.2 Å². The molecule has 0 spiro atoms. The number of aromatic nitrogens is 2. The van der Waals surface area contributed by atoms with E-state index in [4.69, 9.17) is 42.4 Å². The van der Waals surface area contributed by atoms with Crippen molar-refractivity contribution >= 4 is 40.8 Å². The molecule has 1 amide bonds. The Morgan fingerprint density at radius 2 is 1.82 bits per heavy atom.